The molecule has 1 saturated heterocycles. The number of thiazole rings is 1. The van der Waals surface area contributed by atoms with E-state index >= 15 is 4.39 Å². The standard InChI is InChI=1S/C22H24FN7O8P2S3/c23-15-13(7-35-39)37-20(30-8-27-16-18(30)28-21(24)29-19(16)31)17(15)38-40(33,42)36-6-12-10(1-2-34-22(32)41)3-11(4-26-12)14-5-25-9-43-14/h3-5,8-9,13,15,17,20H,1-2,6-7,39H2,(H,32,41)(H,33,42)(H3,24,28,29,31)/t13-,15-,17-,20-,40?/m1/s1. The third-order valence-corrected chi connectivity index (χ3v) is 8.98. The van der Waals surface area contributed by atoms with Crippen LogP contribution in [-0.2, 0) is 40.6 Å². The van der Waals surface area contributed by atoms with Crippen LogP contribution in [0.3, 0.4) is 0 Å². The van der Waals surface area contributed by atoms with Gasteiger partial charge in [-0.3, -0.25) is 33.4 Å². The van der Waals surface area contributed by atoms with Gasteiger partial charge in [-0.1, -0.05) is 24.9 Å². The van der Waals surface area contributed by atoms with Gasteiger partial charge < -0.3 is 19.7 Å². The van der Waals surface area contributed by atoms with E-state index < -0.39 is 42.3 Å². The van der Waals surface area contributed by atoms with Crippen LogP contribution in [0, 0.1) is 0 Å². The Bertz CT molecular complexity index is 1710. The van der Waals surface area contributed by atoms with Crippen molar-refractivity contribution in [3.05, 3.63) is 51.9 Å². The van der Waals surface area contributed by atoms with E-state index in [0.717, 1.165) is 10.4 Å². The van der Waals surface area contributed by atoms with Crippen molar-refractivity contribution in [3.8, 4) is 10.4 Å². The number of anilines is 1. The second-order valence-corrected chi connectivity index (χ2v) is 13.5. The molecule has 0 amide bonds. The first-order valence-corrected chi connectivity index (χ1v) is 16.8. The van der Waals surface area contributed by atoms with Gasteiger partial charge in [-0.25, -0.2) is 18.7 Å². The minimum atomic E-state index is -4.29. The summed E-state index contributed by atoms with van der Waals surface area (Å²) in [4.78, 5) is 43.2. The maximum atomic E-state index is 15.6. The second kappa shape index (κ2) is 13.7. The predicted octanol–water partition coefficient (Wildman–Crippen LogP) is 3.51. The molecule has 2 unspecified atom stereocenters. The molecule has 4 aromatic rings. The average molecular weight is 692 g/mol. The quantitative estimate of drug-likeness (QED) is 0.0958. The van der Waals surface area contributed by atoms with Gasteiger partial charge in [0.25, 0.3) is 5.56 Å². The van der Waals surface area contributed by atoms with Gasteiger partial charge in [-0.05, 0) is 11.6 Å². The van der Waals surface area contributed by atoms with Crippen LogP contribution in [0.4, 0.5) is 15.1 Å². The van der Waals surface area contributed by atoms with Crippen molar-refractivity contribution in [2.24, 2.45) is 0 Å². The molecule has 1 aliphatic heterocycles. The number of alkyl halides is 1. The van der Waals surface area contributed by atoms with E-state index in [1.807, 2.05) is 15.5 Å². The lowest BCUT2D eigenvalue weighted by Crippen LogP contribution is -2.31. The number of aromatic nitrogens is 6. The van der Waals surface area contributed by atoms with Crippen LogP contribution in [0.5, 0.6) is 0 Å². The highest BCUT2D eigenvalue weighted by molar-refractivity contribution is 8.44. The van der Waals surface area contributed by atoms with Crippen LogP contribution in [-0.4, -0.2) is 66.4 Å². The number of hydrogen-bond acceptors (Lipinski definition) is 14. The third kappa shape index (κ3) is 7.44. The summed E-state index contributed by atoms with van der Waals surface area (Å²) in [6.07, 6.45) is -1.16. The van der Waals surface area contributed by atoms with Gasteiger partial charge in [0, 0.05) is 33.8 Å². The fraction of sp³-hybridized carbons (Fsp3) is 0.364. The molecule has 21 heteroatoms. The molecule has 0 bridgehead atoms. The molecular weight excluding hydrogens is 667 g/mol. The van der Waals surface area contributed by atoms with Crippen molar-refractivity contribution in [1.29, 1.82) is 0 Å². The predicted molar refractivity (Wildman–Crippen MR) is 163 cm³/mol. The van der Waals surface area contributed by atoms with E-state index in [9.17, 15) is 14.2 Å². The summed E-state index contributed by atoms with van der Waals surface area (Å²) in [7, 11) is 1.99. The molecule has 6 atom stereocenters. The van der Waals surface area contributed by atoms with Crippen molar-refractivity contribution in [1.82, 2.24) is 29.5 Å². The number of thiol groups is 2. The number of carbonyl (C=O) groups excluding carboxylic acids is 1. The number of fused-ring (bicyclic) bond motifs is 1. The van der Waals surface area contributed by atoms with E-state index in [1.54, 1.807) is 17.9 Å². The van der Waals surface area contributed by atoms with Gasteiger partial charge in [-0.2, -0.15) is 4.98 Å². The first-order chi connectivity index (χ1) is 20.6. The number of carbonyl (C=O) groups is 1. The zero-order chi connectivity index (χ0) is 30.7. The Hall–Kier alpha value is -2.47. The van der Waals surface area contributed by atoms with Gasteiger partial charge in [0.15, 0.2) is 23.6 Å². The molecule has 4 aromatic heterocycles. The van der Waals surface area contributed by atoms with Crippen molar-refractivity contribution in [2.45, 2.75) is 37.6 Å². The lowest BCUT2D eigenvalue weighted by molar-refractivity contribution is -0.0415. The van der Waals surface area contributed by atoms with Gasteiger partial charge in [0.05, 0.1) is 42.2 Å². The summed E-state index contributed by atoms with van der Waals surface area (Å²) in [6.45, 7) is -4.83. The largest absolute Gasteiger partial charge is 0.457 e. The molecule has 0 saturated carbocycles. The second-order valence-electron chi connectivity index (χ2n) is 8.99. The normalized spacial score (nSPS) is 21.7. The molecule has 0 aromatic carbocycles. The van der Waals surface area contributed by atoms with E-state index in [-0.39, 0.29) is 43.4 Å². The maximum absolute atomic E-state index is 15.6. The number of imidazole rings is 1. The minimum Gasteiger partial charge on any atom is -0.457 e. The Morgan fingerprint density at radius 1 is 1.35 bits per heavy atom. The molecule has 15 nitrogen and oxygen atoms in total. The molecule has 3 N–H and O–H groups in total. The number of ether oxygens (including phenoxy) is 2. The highest BCUT2D eigenvalue weighted by atomic mass is 32.7. The fourth-order valence-corrected chi connectivity index (χ4v) is 6.60. The lowest BCUT2D eigenvalue weighted by atomic mass is 10.1. The Morgan fingerprint density at radius 2 is 2.16 bits per heavy atom. The monoisotopic (exact) mass is 691 g/mol. The Balaban J connectivity index is 1.37. The summed E-state index contributed by atoms with van der Waals surface area (Å²) in [5.74, 6) is -0.201. The molecule has 0 radical (unpaired) electrons. The smallest absolute Gasteiger partial charge is 0.387 e. The lowest BCUT2D eigenvalue weighted by Gasteiger charge is -2.24. The van der Waals surface area contributed by atoms with Crippen LogP contribution in [0.1, 0.15) is 17.5 Å². The zero-order valence-electron chi connectivity index (χ0n) is 21.8. The van der Waals surface area contributed by atoms with E-state index in [4.69, 9.17) is 28.8 Å². The number of pyridine rings is 1. The SMILES string of the molecule is Nc1nc2c(ncn2[C@@H]2O[C@H](COP)[C@@H](F)[C@H]2OP(=O)(S)OCc2ncc(-c3cncs3)cc2CCOC(=O)S)c(=O)[nH]1. The summed E-state index contributed by atoms with van der Waals surface area (Å²) < 4.78 is 57.2. The molecule has 5 heterocycles. The molecule has 1 aliphatic rings. The van der Waals surface area contributed by atoms with Crippen molar-refractivity contribution in [2.75, 3.05) is 18.9 Å². The molecule has 5 rings (SSSR count). The zero-order valence-corrected chi connectivity index (χ0v) is 26.5. The fourth-order valence-electron chi connectivity index (χ4n) is 4.34. The van der Waals surface area contributed by atoms with Crippen molar-refractivity contribution >= 4 is 74.9 Å². The summed E-state index contributed by atoms with van der Waals surface area (Å²) in [6, 6.07) is 1.81. The Morgan fingerprint density at radius 3 is 2.88 bits per heavy atom. The van der Waals surface area contributed by atoms with Crippen LogP contribution >= 0.6 is 52.5 Å². The van der Waals surface area contributed by atoms with Crippen LogP contribution in [0.15, 0.2) is 35.1 Å². The third-order valence-electron chi connectivity index (χ3n) is 6.24. The molecule has 43 heavy (non-hydrogen) atoms. The van der Waals surface area contributed by atoms with Gasteiger partial charge in [0.1, 0.15) is 12.2 Å². The Labute approximate surface area is 259 Å². The molecule has 230 valence electrons. The van der Waals surface area contributed by atoms with Crippen LogP contribution in [0.25, 0.3) is 21.6 Å². The number of rotatable bonds is 12. The Kier molecular flexibility index (Phi) is 10.2. The number of halogens is 1. The summed E-state index contributed by atoms with van der Waals surface area (Å²) in [5.41, 5.74) is 8.40. The number of nitrogens with two attached hydrogens (primary N) is 1. The number of aromatic amines is 1. The van der Waals surface area contributed by atoms with Crippen molar-refractivity contribution < 1.29 is 36.8 Å². The van der Waals surface area contributed by atoms with Crippen LogP contribution < -0.4 is 11.3 Å². The number of hydrogen-bond donors (Lipinski definition) is 4. The number of H-pyrrole nitrogens is 1. The number of nitrogen functional groups attached to an aromatic ring is 1. The van der Waals surface area contributed by atoms with Crippen molar-refractivity contribution in [3.63, 3.8) is 0 Å². The minimum absolute atomic E-state index is 0.00222. The van der Waals surface area contributed by atoms with Gasteiger partial charge in [0.2, 0.25) is 5.95 Å². The molecule has 0 aliphatic carbocycles. The van der Waals surface area contributed by atoms with Gasteiger partial charge in [-0.15, -0.1) is 11.3 Å². The van der Waals surface area contributed by atoms with E-state index in [0.29, 0.717) is 11.3 Å². The topological polar surface area (TPSA) is 196 Å². The number of nitrogens with one attached hydrogen (secondary N) is 1. The molecular formula is C22H24FN7O8P2S3. The molecule has 0 spiro atoms. The van der Waals surface area contributed by atoms with Crippen LogP contribution in [0.2, 0.25) is 0 Å². The van der Waals surface area contributed by atoms with E-state index in [2.05, 4.69) is 49.8 Å². The average Bonchev–Trinajstić information content (AvgIpc) is 3.69. The highest BCUT2D eigenvalue weighted by Gasteiger charge is 2.50. The first-order valence-electron chi connectivity index (χ1n) is 12.3. The first kappa shape index (κ1) is 31.9. The van der Waals surface area contributed by atoms with Gasteiger partial charge >= 0.3 is 12.1 Å². The summed E-state index contributed by atoms with van der Waals surface area (Å²) >= 11 is 9.10. The molecule has 1 fully saturated rings. The maximum Gasteiger partial charge on any atom is 0.387 e. The van der Waals surface area contributed by atoms with E-state index in [1.165, 1.54) is 22.2 Å². The summed E-state index contributed by atoms with van der Waals surface area (Å²) in [5, 5.41) is -0.745. The highest BCUT2D eigenvalue weighted by Crippen LogP contribution is 2.57. The number of nitrogens with zero attached hydrogens (tertiary/aromatic N) is 5.